The van der Waals surface area contributed by atoms with Crippen molar-refractivity contribution in [1.29, 1.82) is 0 Å². The number of amides is 2. The Morgan fingerprint density at radius 2 is 1.89 bits per heavy atom. The zero-order valence-electron chi connectivity index (χ0n) is 14.6. The van der Waals surface area contributed by atoms with Crippen LogP contribution in [0.15, 0.2) is 41.3 Å². The van der Waals surface area contributed by atoms with Gasteiger partial charge < -0.3 is 14.5 Å². The van der Waals surface area contributed by atoms with Crippen molar-refractivity contribution in [3.8, 4) is 5.75 Å². The Morgan fingerprint density at radius 1 is 1.19 bits per heavy atom. The van der Waals surface area contributed by atoms with E-state index in [-0.39, 0.29) is 11.8 Å². The van der Waals surface area contributed by atoms with Gasteiger partial charge >= 0.3 is 0 Å². The monoisotopic (exact) mass is 452 g/mol. The summed E-state index contributed by atoms with van der Waals surface area (Å²) in [7, 11) is 0. The molecule has 0 spiro atoms. The highest BCUT2D eigenvalue weighted by Gasteiger charge is 2.29. The van der Waals surface area contributed by atoms with Crippen molar-refractivity contribution in [3.05, 3.63) is 52.0 Å². The van der Waals surface area contributed by atoms with Crippen molar-refractivity contribution in [2.45, 2.75) is 13.0 Å². The maximum absolute atomic E-state index is 12.7. The number of halogens is 2. The lowest BCUT2D eigenvalue weighted by molar-refractivity contribution is -0.139. The van der Waals surface area contributed by atoms with Gasteiger partial charge in [-0.1, -0.05) is 11.6 Å². The van der Waals surface area contributed by atoms with Crippen LogP contribution in [0.2, 0.25) is 5.02 Å². The summed E-state index contributed by atoms with van der Waals surface area (Å²) >= 11 is 9.30. The van der Waals surface area contributed by atoms with E-state index in [9.17, 15) is 9.59 Å². The quantitative estimate of drug-likeness (QED) is 0.711. The summed E-state index contributed by atoms with van der Waals surface area (Å²) in [6.45, 7) is 3.48. The highest BCUT2D eigenvalue weighted by Crippen LogP contribution is 2.29. The van der Waals surface area contributed by atoms with Gasteiger partial charge in [0.15, 0.2) is 6.10 Å². The van der Waals surface area contributed by atoms with E-state index in [1.54, 1.807) is 34.9 Å². The van der Waals surface area contributed by atoms with Crippen LogP contribution in [0.1, 0.15) is 17.4 Å². The van der Waals surface area contributed by atoms with Crippen LogP contribution in [-0.4, -0.2) is 63.9 Å². The topological polar surface area (TPSA) is 75.6 Å². The minimum atomic E-state index is -0.648. The second-order valence-electron chi connectivity index (χ2n) is 6.04. The maximum Gasteiger partial charge on any atom is 0.274 e. The molecule has 0 N–H and O–H groups in total. The summed E-state index contributed by atoms with van der Waals surface area (Å²) in [4.78, 5) is 36.4. The van der Waals surface area contributed by atoms with Gasteiger partial charge in [0.1, 0.15) is 11.4 Å². The molecule has 7 nitrogen and oxygen atoms in total. The number of carbonyl (C=O) groups is 2. The zero-order chi connectivity index (χ0) is 19.4. The molecule has 1 atom stereocenters. The number of rotatable bonds is 4. The van der Waals surface area contributed by atoms with Gasteiger partial charge in [-0.3, -0.25) is 14.6 Å². The molecule has 0 bridgehead atoms. The van der Waals surface area contributed by atoms with Crippen LogP contribution in [0.25, 0.3) is 0 Å². The molecule has 2 aromatic rings. The van der Waals surface area contributed by atoms with E-state index >= 15 is 0 Å². The molecule has 1 aliphatic heterocycles. The van der Waals surface area contributed by atoms with Crippen LogP contribution in [0.4, 0.5) is 0 Å². The average Bonchev–Trinajstić information content (AvgIpc) is 2.69. The number of piperazine rings is 1. The van der Waals surface area contributed by atoms with E-state index in [4.69, 9.17) is 16.3 Å². The lowest BCUT2D eigenvalue weighted by Gasteiger charge is -2.35. The van der Waals surface area contributed by atoms with Crippen LogP contribution in [-0.2, 0) is 4.79 Å². The summed E-state index contributed by atoms with van der Waals surface area (Å²) < 4.78 is 6.45. The van der Waals surface area contributed by atoms with E-state index in [0.29, 0.717) is 47.1 Å². The van der Waals surface area contributed by atoms with Crippen molar-refractivity contribution in [3.63, 3.8) is 0 Å². The fourth-order valence-electron chi connectivity index (χ4n) is 2.77. The van der Waals surface area contributed by atoms with E-state index in [1.165, 1.54) is 18.6 Å². The van der Waals surface area contributed by atoms with Gasteiger partial charge in [0.2, 0.25) is 0 Å². The fourth-order valence-corrected chi connectivity index (χ4v) is 3.55. The SMILES string of the molecule is CC(Oc1ccc(Cl)cc1Br)C(=O)N1CCN(C(=O)c2cnccn2)CC1. The van der Waals surface area contributed by atoms with Crippen molar-refractivity contribution >= 4 is 39.3 Å². The number of carbonyl (C=O) groups excluding carboxylic acids is 2. The number of ether oxygens (including phenoxy) is 1. The summed E-state index contributed by atoms with van der Waals surface area (Å²) in [6.07, 6.45) is 3.80. The molecule has 0 radical (unpaired) electrons. The fraction of sp³-hybridized carbons (Fsp3) is 0.333. The normalized spacial score (nSPS) is 15.4. The third-order valence-corrected chi connectivity index (χ3v) is 5.06. The standard InChI is InChI=1S/C18H18BrClN4O3/c1-12(27-16-3-2-13(20)10-14(16)19)17(25)23-6-8-24(9-7-23)18(26)15-11-21-4-5-22-15/h2-5,10-12H,6-9H2,1H3. The molecule has 9 heteroatoms. The molecule has 27 heavy (non-hydrogen) atoms. The largest absolute Gasteiger partial charge is 0.480 e. The first-order valence-electron chi connectivity index (χ1n) is 8.41. The number of aromatic nitrogens is 2. The minimum absolute atomic E-state index is 0.122. The zero-order valence-corrected chi connectivity index (χ0v) is 17.0. The lowest BCUT2D eigenvalue weighted by atomic mass is 10.2. The highest BCUT2D eigenvalue weighted by atomic mass is 79.9. The Balaban J connectivity index is 1.55. The molecule has 1 fully saturated rings. The molecule has 1 unspecified atom stereocenters. The molecular weight excluding hydrogens is 436 g/mol. The van der Waals surface area contributed by atoms with Crippen LogP contribution in [0, 0.1) is 0 Å². The molecule has 2 amide bonds. The Labute approximate surface area is 170 Å². The first-order chi connectivity index (χ1) is 13.0. The van der Waals surface area contributed by atoms with Crippen molar-refractivity contribution < 1.29 is 14.3 Å². The number of hydrogen-bond acceptors (Lipinski definition) is 5. The molecule has 1 aromatic carbocycles. The Morgan fingerprint density at radius 3 is 2.52 bits per heavy atom. The molecule has 142 valence electrons. The molecule has 1 aliphatic rings. The summed E-state index contributed by atoms with van der Waals surface area (Å²) in [5.41, 5.74) is 0.307. The molecule has 0 saturated carbocycles. The van der Waals surface area contributed by atoms with E-state index in [0.717, 1.165) is 0 Å². The minimum Gasteiger partial charge on any atom is -0.480 e. The van der Waals surface area contributed by atoms with Crippen molar-refractivity contribution in [2.24, 2.45) is 0 Å². The second-order valence-corrected chi connectivity index (χ2v) is 7.33. The number of hydrogen-bond donors (Lipinski definition) is 0. The first kappa shape index (κ1) is 19.6. The summed E-state index contributed by atoms with van der Waals surface area (Å²) in [5, 5.41) is 0.581. The lowest BCUT2D eigenvalue weighted by Crippen LogP contribution is -2.53. The molecular formula is C18H18BrClN4O3. The summed E-state index contributed by atoms with van der Waals surface area (Å²) in [5.74, 6) is 0.254. The van der Waals surface area contributed by atoms with E-state index in [2.05, 4.69) is 25.9 Å². The van der Waals surface area contributed by atoms with Gasteiger partial charge in [-0.05, 0) is 41.1 Å². The smallest absolute Gasteiger partial charge is 0.274 e. The highest BCUT2D eigenvalue weighted by molar-refractivity contribution is 9.10. The van der Waals surface area contributed by atoms with Crippen LogP contribution in [0.5, 0.6) is 5.75 Å². The molecule has 0 aliphatic carbocycles. The van der Waals surface area contributed by atoms with Crippen LogP contribution >= 0.6 is 27.5 Å². The molecule has 3 rings (SSSR count). The van der Waals surface area contributed by atoms with Crippen molar-refractivity contribution in [1.82, 2.24) is 19.8 Å². The van der Waals surface area contributed by atoms with Gasteiger partial charge in [0.05, 0.1) is 10.7 Å². The number of benzene rings is 1. The third-order valence-electron chi connectivity index (χ3n) is 4.21. The summed E-state index contributed by atoms with van der Waals surface area (Å²) in [6, 6.07) is 5.13. The predicted octanol–water partition coefficient (Wildman–Crippen LogP) is 2.64. The van der Waals surface area contributed by atoms with Gasteiger partial charge in [-0.15, -0.1) is 0 Å². The second kappa shape index (κ2) is 8.67. The van der Waals surface area contributed by atoms with E-state index < -0.39 is 6.10 Å². The Hall–Kier alpha value is -2.19. The van der Waals surface area contributed by atoms with E-state index in [1.807, 2.05) is 0 Å². The van der Waals surface area contributed by atoms with Gasteiger partial charge in [0, 0.05) is 43.6 Å². The van der Waals surface area contributed by atoms with Crippen LogP contribution in [0.3, 0.4) is 0 Å². The molecule has 2 heterocycles. The Bertz CT molecular complexity index is 829. The van der Waals surface area contributed by atoms with Crippen molar-refractivity contribution in [2.75, 3.05) is 26.2 Å². The molecule has 1 saturated heterocycles. The first-order valence-corrected chi connectivity index (χ1v) is 9.58. The number of nitrogens with zero attached hydrogens (tertiary/aromatic N) is 4. The Kier molecular flexibility index (Phi) is 6.28. The van der Waals surface area contributed by atoms with Gasteiger partial charge in [-0.25, -0.2) is 4.98 Å². The average molecular weight is 454 g/mol. The maximum atomic E-state index is 12.7. The van der Waals surface area contributed by atoms with Gasteiger partial charge in [0.25, 0.3) is 11.8 Å². The van der Waals surface area contributed by atoms with Crippen LogP contribution < -0.4 is 4.74 Å². The third kappa shape index (κ3) is 4.75. The predicted molar refractivity (Wildman–Crippen MR) is 104 cm³/mol. The molecule has 1 aromatic heterocycles. The van der Waals surface area contributed by atoms with Gasteiger partial charge in [-0.2, -0.15) is 0 Å².